The van der Waals surface area contributed by atoms with Gasteiger partial charge in [-0.15, -0.1) is 0 Å². The van der Waals surface area contributed by atoms with Gasteiger partial charge in [0.25, 0.3) is 0 Å². The minimum atomic E-state index is -0.160. The van der Waals surface area contributed by atoms with E-state index in [4.69, 9.17) is 26.9 Å². The summed E-state index contributed by atoms with van der Waals surface area (Å²) in [6.07, 6.45) is 3.89. The number of benzene rings is 3. The third-order valence-corrected chi connectivity index (χ3v) is 8.46. The van der Waals surface area contributed by atoms with Crippen molar-refractivity contribution in [1.29, 1.82) is 0 Å². The Hall–Kier alpha value is -4.53. The van der Waals surface area contributed by atoms with Gasteiger partial charge in [0.2, 0.25) is 0 Å². The number of nitrogens with one attached hydrogen (secondary N) is 1. The van der Waals surface area contributed by atoms with E-state index in [0.717, 1.165) is 49.5 Å². The molecular weight excluding hydrogens is 535 g/mol. The molecule has 4 heterocycles. The van der Waals surface area contributed by atoms with E-state index in [-0.39, 0.29) is 12.1 Å². The van der Waals surface area contributed by atoms with Crippen molar-refractivity contribution in [2.24, 2.45) is 0 Å². The van der Waals surface area contributed by atoms with Crippen molar-refractivity contribution in [3.63, 3.8) is 0 Å². The maximum atomic E-state index is 6.16. The van der Waals surface area contributed by atoms with E-state index >= 15 is 0 Å². The molecule has 1 saturated heterocycles. The van der Waals surface area contributed by atoms with Crippen LogP contribution in [-0.4, -0.2) is 19.6 Å². The van der Waals surface area contributed by atoms with Gasteiger partial charge in [0, 0.05) is 18.1 Å². The molecule has 1 aliphatic rings. The largest absolute Gasteiger partial charge is 0.457 e. The molecule has 0 radical (unpaired) electrons. The van der Waals surface area contributed by atoms with E-state index in [1.165, 1.54) is 0 Å². The van der Waals surface area contributed by atoms with Gasteiger partial charge >= 0.3 is 0 Å². The Morgan fingerprint density at radius 1 is 0.875 bits per heavy atom. The van der Waals surface area contributed by atoms with Crippen molar-refractivity contribution >= 4 is 44.6 Å². The van der Waals surface area contributed by atoms with Crippen LogP contribution in [0.15, 0.2) is 116 Å². The topological polar surface area (TPSA) is 55.2 Å². The maximum Gasteiger partial charge on any atom is 0.194 e. The van der Waals surface area contributed by atoms with Gasteiger partial charge in [0.05, 0.1) is 27.6 Å². The van der Waals surface area contributed by atoms with E-state index in [9.17, 15) is 0 Å². The molecule has 1 N–H and O–H groups in total. The molecular formula is C32H25N5OS2. The van der Waals surface area contributed by atoms with Crippen molar-refractivity contribution < 1.29 is 4.74 Å². The zero-order valence-corrected chi connectivity index (χ0v) is 23.3. The van der Waals surface area contributed by atoms with E-state index < -0.39 is 0 Å². The van der Waals surface area contributed by atoms with E-state index in [1.807, 2.05) is 85.9 Å². The van der Waals surface area contributed by atoms with Crippen LogP contribution in [0.25, 0.3) is 15.3 Å². The maximum absolute atomic E-state index is 6.16. The van der Waals surface area contributed by atoms with Gasteiger partial charge in [-0.1, -0.05) is 47.7 Å². The van der Waals surface area contributed by atoms with Crippen molar-refractivity contribution in [1.82, 2.24) is 19.9 Å². The lowest BCUT2D eigenvalue weighted by Crippen LogP contribution is -2.30. The Labute approximate surface area is 241 Å². The Bertz CT molecular complexity index is 1780. The third-order valence-electron chi connectivity index (χ3n) is 7.11. The van der Waals surface area contributed by atoms with Gasteiger partial charge in [-0.25, -0.2) is 4.98 Å². The summed E-state index contributed by atoms with van der Waals surface area (Å²) >= 11 is 7.63. The van der Waals surface area contributed by atoms with Crippen molar-refractivity contribution in [3.05, 3.63) is 132 Å². The van der Waals surface area contributed by atoms with Crippen molar-refractivity contribution in [2.45, 2.75) is 19.0 Å². The van der Waals surface area contributed by atoms with Gasteiger partial charge in [0.15, 0.2) is 10.2 Å². The summed E-state index contributed by atoms with van der Waals surface area (Å²) in [6, 6.07) is 34.2. The first-order valence-electron chi connectivity index (χ1n) is 13.0. The molecule has 1 aliphatic heterocycles. The van der Waals surface area contributed by atoms with Gasteiger partial charge in [-0.2, -0.15) is 0 Å². The Kier molecular flexibility index (Phi) is 6.26. The normalized spacial score (nSPS) is 16.8. The molecule has 6 nitrogen and oxygen atoms in total. The molecule has 2 atom stereocenters. The third kappa shape index (κ3) is 4.41. The number of hydrogen-bond donors (Lipinski definition) is 1. The molecule has 0 spiro atoms. The number of aromatic nitrogens is 3. The number of nitrogens with zero attached hydrogens (tertiary/aromatic N) is 4. The molecule has 3 aromatic heterocycles. The average Bonchev–Trinajstić information content (AvgIpc) is 3.71. The van der Waals surface area contributed by atoms with Crippen LogP contribution < -0.4 is 15.0 Å². The highest BCUT2D eigenvalue weighted by atomic mass is 32.1. The predicted octanol–water partition coefficient (Wildman–Crippen LogP) is 7.76. The SMILES string of the molecule is Cc1ccccc1Oc1ccc(N2C(=S)NC(c3ccccn3)C2c2cccn2-c2nc3ccccc3s2)cc1. The number of thiocarbonyl (C=S) groups is 1. The fourth-order valence-electron chi connectivity index (χ4n) is 5.18. The number of thiazole rings is 1. The second-order valence-electron chi connectivity index (χ2n) is 9.63. The summed E-state index contributed by atoms with van der Waals surface area (Å²) in [5.74, 6) is 1.61. The molecule has 0 amide bonds. The minimum Gasteiger partial charge on any atom is -0.457 e. The number of anilines is 1. The zero-order valence-electron chi connectivity index (χ0n) is 21.6. The lowest BCUT2D eigenvalue weighted by atomic mass is 10.0. The Morgan fingerprint density at radius 2 is 1.68 bits per heavy atom. The highest BCUT2D eigenvalue weighted by molar-refractivity contribution is 7.80. The lowest BCUT2D eigenvalue weighted by Gasteiger charge is -2.28. The van der Waals surface area contributed by atoms with Gasteiger partial charge in [-0.05, 0) is 91.4 Å². The summed E-state index contributed by atoms with van der Waals surface area (Å²) in [6.45, 7) is 2.04. The first-order valence-corrected chi connectivity index (χ1v) is 14.3. The predicted molar refractivity (Wildman–Crippen MR) is 165 cm³/mol. The molecule has 7 rings (SSSR count). The minimum absolute atomic E-state index is 0.153. The van der Waals surface area contributed by atoms with Crippen LogP contribution in [0.3, 0.4) is 0 Å². The molecule has 0 aliphatic carbocycles. The van der Waals surface area contributed by atoms with Crippen LogP contribution >= 0.6 is 23.6 Å². The monoisotopic (exact) mass is 559 g/mol. The van der Waals surface area contributed by atoms with Crippen molar-refractivity contribution in [2.75, 3.05) is 4.90 Å². The standard InChI is InChI=1S/C32H25N5OS2/c1-21-9-2-4-13-27(21)38-23-17-15-22(16-18-23)37-30(29(35-31(37)39)25-11-6-7-19-33-25)26-12-8-20-36(26)32-34-24-10-3-5-14-28(24)40-32/h2-20,29-30H,1H3,(H,35,39). The van der Waals surface area contributed by atoms with Crippen LogP contribution in [0, 0.1) is 6.92 Å². The highest BCUT2D eigenvalue weighted by Crippen LogP contribution is 2.43. The number of hydrogen-bond acceptors (Lipinski definition) is 5. The number of ether oxygens (including phenoxy) is 1. The van der Waals surface area contributed by atoms with Crippen LogP contribution in [0.1, 0.15) is 29.0 Å². The van der Waals surface area contributed by atoms with Crippen LogP contribution in [0.5, 0.6) is 11.5 Å². The number of fused-ring (bicyclic) bond motifs is 1. The quantitative estimate of drug-likeness (QED) is 0.211. The number of aryl methyl sites for hydroxylation is 1. The first kappa shape index (κ1) is 24.5. The van der Waals surface area contributed by atoms with Gasteiger partial charge < -0.3 is 15.0 Å². The molecule has 8 heteroatoms. The summed E-state index contributed by atoms with van der Waals surface area (Å²) < 4.78 is 9.48. The van der Waals surface area contributed by atoms with Gasteiger partial charge in [0.1, 0.15) is 17.5 Å². The fraction of sp³-hybridized carbons (Fsp3) is 0.0938. The van der Waals surface area contributed by atoms with E-state index in [2.05, 4.69) is 51.3 Å². The summed E-state index contributed by atoms with van der Waals surface area (Å²) in [7, 11) is 0. The van der Waals surface area contributed by atoms with Crippen molar-refractivity contribution in [3.8, 4) is 16.6 Å². The molecule has 0 saturated carbocycles. The molecule has 196 valence electrons. The van der Waals surface area contributed by atoms with Gasteiger partial charge in [-0.3, -0.25) is 9.55 Å². The number of para-hydroxylation sites is 2. The second-order valence-corrected chi connectivity index (χ2v) is 11.0. The lowest BCUT2D eigenvalue weighted by molar-refractivity contribution is 0.479. The van der Waals surface area contributed by atoms with E-state index in [0.29, 0.717) is 5.11 Å². The Balaban J connectivity index is 1.29. The van der Waals surface area contributed by atoms with Crippen LogP contribution in [0.4, 0.5) is 5.69 Å². The summed E-state index contributed by atoms with van der Waals surface area (Å²) in [4.78, 5) is 11.8. The molecule has 6 aromatic rings. The summed E-state index contributed by atoms with van der Waals surface area (Å²) in [5.41, 5.74) is 5.04. The first-order chi connectivity index (χ1) is 19.7. The summed E-state index contributed by atoms with van der Waals surface area (Å²) in [5, 5.41) is 5.12. The average molecular weight is 560 g/mol. The molecule has 1 fully saturated rings. The molecule has 40 heavy (non-hydrogen) atoms. The van der Waals surface area contributed by atoms with Crippen LogP contribution in [0.2, 0.25) is 0 Å². The smallest absolute Gasteiger partial charge is 0.194 e. The number of rotatable bonds is 6. The van der Waals surface area contributed by atoms with E-state index in [1.54, 1.807) is 11.3 Å². The van der Waals surface area contributed by atoms with Crippen LogP contribution in [-0.2, 0) is 0 Å². The number of pyridine rings is 1. The zero-order chi connectivity index (χ0) is 27.1. The second kappa shape index (κ2) is 10.2. The highest BCUT2D eigenvalue weighted by Gasteiger charge is 2.42. The molecule has 0 bridgehead atoms. The molecule has 2 unspecified atom stereocenters. The Morgan fingerprint density at radius 3 is 2.48 bits per heavy atom. The fourth-order valence-corrected chi connectivity index (χ4v) is 6.49. The molecule has 3 aromatic carbocycles.